The number of aliphatic carboxylic acids is 1. The van der Waals surface area contributed by atoms with Crippen LogP contribution in [0.15, 0.2) is 0 Å². The average Bonchev–Trinajstić information content (AvgIpc) is 2.64. The van der Waals surface area contributed by atoms with Gasteiger partial charge in [-0.05, 0) is 12.8 Å². The Balaban J connectivity index is 2.30. The first kappa shape index (κ1) is 11.5. The highest BCUT2D eigenvalue weighted by molar-refractivity contribution is 5.72. The molecule has 1 rings (SSSR count). The van der Waals surface area contributed by atoms with E-state index in [4.69, 9.17) is 14.6 Å². The van der Waals surface area contributed by atoms with Crippen LogP contribution in [0.3, 0.4) is 0 Å². The summed E-state index contributed by atoms with van der Waals surface area (Å²) in [5, 5.41) is 8.89. The number of carboxylic acids is 1. The van der Waals surface area contributed by atoms with Crippen molar-refractivity contribution in [3.63, 3.8) is 0 Å². The minimum absolute atomic E-state index is 0.0204. The number of carbonyl (C=O) groups is 1. The van der Waals surface area contributed by atoms with Crippen molar-refractivity contribution < 1.29 is 19.4 Å². The molecule has 2 atom stereocenters. The van der Waals surface area contributed by atoms with Gasteiger partial charge in [-0.1, -0.05) is 19.8 Å². The third-order valence-electron chi connectivity index (χ3n) is 2.34. The third-order valence-corrected chi connectivity index (χ3v) is 2.34. The number of hydrogen-bond donors (Lipinski definition) is 1. The minimum Gasteiger partial charge on any atom is -0.479 e. The number of hydrogen-bond acceptors (Lipinski definition) is 3. The standard InChI is InChI=1S/C10H18O4/c1-2-3-4-9(10(11)12)14-8-5-6-13-7-8/h8-9H,2-7H2,1H3,(H,11,12). The Morgan fingerprint density at radius 3 is 3.00 bits per heavy atom. The third kappa shape index (κ3) is 3.64. The van der Waals surface area contributed by atoms with Crippen LogP contribution in [0, 0.1) is 0 Å². The molecule has 1 heterocycles. The fourth-order valence-corrected chi connectivity index (χ4v) is 1.49. The molecule has 2 unspecified atom stereocenters. The lowest BCUT2D eigenvalue weighted by Crippen LogP contribution is -2.29. The van der Waals surface area contributed by atoms with Gasteiger partial charge in [0.15, 0.2) is 6.10 Å². The van der Waals surface area contributed by atoms with Crippen LogP contribution in [-0.4, -0.2) is 36.5 Å². The summed E-state index contributed by atoms with van der Waals surface area (Å²) in [7, 11) is 0. The Morgan fingerprint density at radius 1 is 1.71 bits per heavy atom. The van der Waals surface area contributed by atoms with Crippen LogP contribution in [0.4, 0.5) is 0 Å². The molecular weight excluding hydrogens is 184 g/mol. The quantitative estimate of drug-likeness (QED) is 0.708. The lowest BCUT2D eigenvalue weighted by atomic mass is 10.1. The maximum atomic E-state index is 10.8. The fourth-order valence-electron chi connectivity index (χ4n) is 1.49. The summed E-state index contributed by atoms with van der Waals surface area (Å²) in [5.41, 5.74) is 0. The Hall–Kier alpha value is -0.610. The van der Waals surface area contributed by atoms with Crippen LogP contribution in [0.25, 0.3) is 0 Å². The van der Waals surface area contributed by atoms with Crippen LogP contribution >= 0.6 is 0 Å². The maximum Gasteiger partial charge on any atom is 0.332 e. The Kier molecular flexibility index (Phi) is 4.90. The molecule has 0 radical (unpaired) electrons. The molecule has 1 fully saturated rings. The molecule has 82 valence electrons. The molecule has 0 saturated carbocycles. The van der Waals surface area contributed by atoms with E-state index in [0.717, 1.165) is 19.3 Å². The summed E-state index contributed by atoms with van der Waals surface area (Å²) in [6.45, 7) is 3.26. The van der Waals surface area contributed by atoms with Crippen molar-refractivity contribution in [2.24, 2.45) is 0 Å². The van der Waals surface area contributed by atoms with Gasteiger partial charge < -0.3 is 14.6 Å². The van der Waals surface area contributed by atoms with Crippen LogP contribution in [0.1, 0.15) is 32.6 Å². The summed E-state index contributed by atoms with van der Waals surface area (Å²) < 4.78 is 10.6. The van der Waals surface area contributed by atoms with Gasteiger partial charge in [-0.2, -0.15) is 0 Å². The van der Waals surface area contributed by atoms with Crippen molar-refractivity contribution in [3.8, 4) is 0 Å². The zero-order chi connectivity index (χ0) is 10.4. The van der Waals surface area contributed by atoms with Gasteiger partial charge in [0.1, 0.15) is 0 Å². The summed E-state index contributed by atoms with van der Waals surface area (Å²) >= 11 is 0. The van der Waals surface area contributed by atoms with E-state index < -0.39 is 12.1 Å². The van der Waals surface area contributed by atoms with E-state index in [-0.39, 0.29) is 6.10 Å². The van der Waals surface area contributed by atoms with E-state index in [1.165, 1.54) is 0 Å². The number of ether oxygens (including phenoxy) is 2. The highest BCUT2D eigenvalue weighted by atomic mass is 16.6. The second kappa shape index (κ2) is 5.98. The largest absolute Gasteiger partial charge is 0.479 e. The molecular formula is C10H18O4. The monoisotopic (exact) mass is 202 g/mol. The minimum atomic E-state index is -0.856. The molecule has 0 amide bonds. The fraction of sp³-hybridized carbons (Fsp3) is 0.900. The average molecular weight is 202 g/mol. The molecule has 1 saturated heterocycles. The number of rotatable bonds is 6. The molecule has 4 heteroatoms. The predicted molar refractivity (Wildman–Crippen MR) is 51.3 cm³/mol. The van der Waals surface area contributed by atoms with E-state index in [0.29, 0.717) is 19.6 Å². The van der Waals surface area contributed by atoms with Crippen molar-refractivity contribution in [1.29, 1.82) is 0 Å². The van der Waals surface area contributed by atoms with Crippen LogP contribution in [0.5, 0.6) is 0 Å². The van der Waals surface area contributed by atoms with E-state index in [1.54, 1.807) is 0 Å². The molecule has 1 N–H and O–H groups in total. The lowest BCUT2D eigenvalue weighted by Gasteiger charge is -2.17. The van der Waals surface area contributed by atoms with Crippen molar-refractivity contribution in [3.05, 3.63) is 0 Å². The van der Waals surface area contributed by atoms with E-state index >= 15 is 0 Å². The molecule has 1 aliphatic rings. The second-order valence-electron chi connectivity index (χ2n) is 3.59. The van der Waals surface area contributed by atoms with Crippen LogP contribution in [-0.2, 0) is 14.3 Å². The number of carboxylic acid groups (broad SMARTS) is 1. The van der Waals surface area contributed by atoms with Crippen molar-refractivity contribution in [2.75, 3.05) is 13.2 Å². The molecule has 0 aromatic heterocycles. The zero-order valence-corrected chi connectivity index (χ0v) is 8.57. The molecule has 1 aliphatic heterocycles. The zero-order valence-electron chi connectivity index (χ0n) is 8.57. The van der Waals surface area contributed by atoms with Gasteiger partial charge in [-0.25, -0.2) is 4.79 Å². The van der Waals surface area contributed by atoms with Gasteiger partial charge in [0.25, 0.3) is 0 Å². The van der Waals surface area contributed by atoms with Gasteiger partial charge >= 0.3 is 5.97 Å². The first-order valence-electron chi connectivity index (χ1n) is 5.20. The van der Waals surface area contributed by atoms with E-state index in [1.807, 2.05) is 6.92 Å². The summed E-state index contributed by atoms with van der Waals surface area (Å²) in [4.78, 5) is 10.8. The van der Waals surface area contributed by atoms with Crippen LogP contribution in [0.2, 0.25) is 0 Å². The van der Waals surface area contributed by atoms with Crippen molar-refractivity contribution >= 4 is 5.97 Å². The molecule has 14 heavy (non-hydrogen) atoms. The summed E-state index contributed by atoms with van der Waals surface area (Å²) in [5.74, 6) is -0.856. The van der Waals surface area contributed by atoms with Gasteiger partial charge in [0.2, 0.25) is 0 Å². The first-order valence-corrected chi connectivity index (χ1v) is 5.20. The SMILES string of the molecule is CCCCC(OC1CCOC1)C(=O)O. The Morgan fingerprint density at radius 2 is 2.50 bits per heavy atom. The van der Waals surface area contributed by atoms with Gasteiger partial charge in [-0.3, -0.25) is 0 Å². The van der Waals surface area contributed by atoms with Crippen LogP contribution < -0.4 is 0 Å². The topological polar surface area (TPSA) is 55.8 Å². The maximum absolute atomic E-state index is 10.8. The Bertz CT molecular complexity index is 175. The lowest BCUT2D eigenvalue weighted by molar-refractivity contribution is -0.154. The molecule has 4 nitrogen and oxygen atoms in total. The summed E-state index contributed by atoms with van der Waals surface area (Å²) in [6, 6.07) is 0. The first-order chi connectivity index (χ1) is 6.74. The molecule has 0 aliphatic carbocycles. The molecule has 0 spiro atoms. The summed E-state index contributed by atoms with van der Waals surface area (Å²) in [6.07, 6.45) is 2.63. The molecule has 0 bridgehead atoms. The second-order valence-corrected chi connectivity index (χ2v) is 3.59. The van der Waals surface area contributed by atoms with E-state index in [2.05, 4.69) is 0 Å². The normalized spacial score (nSPS) is 23.6. The van der Waals surface area contributed by atoms with Gasteiger partial charge in [0.05, 0.1) is 12.7 Å². The number of unbranched alkanes of at least 4 members (excludes halogenated alkanes) is 1. The van der Waals surface area contributed by atoms with E-state index in [9.17, 15) is 4.79 Å². The van der Waals surface area contributed by atoms with Crippen molar-refractivity contribution in [2.45, 2.75) is 44.8 Å². The highest BCUT2D eigenvalue weighted by Gasteiger charge is 2.25. The van der Waals surface area contributed by atoms with Crippen molar-refractivity contribution in [1.82, 2.24) is 0 Å². The Labute approximate surface area is 84.2 Å². The van der Waals surface area contributed by atoms with Gasteiger partial charge in [-0.15, -0.1) is 0 Å². The molecule has 0 aromatic carbocycles. The van der Waals surface area contributed by atoms with Gasteiger partial charge in [0, 0.05) is 6.61 Å². The smallest absolute Gasteiger partial charge is 0.332 e. The molecule has 0 aromatic rings. The highest BCUT2D eigenvalue weighted by Crippen LogP contribution is 2.14. The predicted octanol–water partition coefficient (Wildman–Crippen LogP) is 1.44.